The fourth-order valence-electron chi connectivity index (χ4n) is 2.20. The molecule has 0 radical (unpaired) electrons. The minimum absolute atomic E-state index is 0.247. The molecule has 1 atom stereocenters. The van der Waals surface area contributed by atoms with Crippen LogP contribution < -0.4 is 5.32 Å². The number of piperidine rings is 1. The lowest BCUT2D eigenvalue weighted by Gasteiger charge is -2.25. The number of nitrogens with two attached hydrogens (primary N) is 1. The Hall–Kier alpha value is -0.930. The fraction of sp³-hybridized carbons (Fsp3) is 0.500. The van der Waals surface area contributed by atoms with Gasteiger partial charge in [-0.05, 0) is 23.6 Å². The number of aliphatic hydroxyl groups excluding tert-OH is 1. The average Bonchev–Trinajstić information content (AvgIpc) is 2.30. The Morgan fingerprint density at radius 1 is 1.20 bits per heavy atom. The molecule has 0 spiro atoms. The molecule has 3 N–H and O–H groups in total. The number of hydrogen-bond donors (Lipinski definition) is 2. The van der Waals surface area contributed by atoms with E-state index in [1.807, 2.05) is 0 Å². The van der Waals surface area contributed by atoms with Gasteiger partial charge in [-0.15, -0.1) is 0 Å². The van der Waals surface area contributed by atoms with Gasteiger partial charge in [0.05, 0.1) is 19.2 Å². The largest absolute Gasteiger partial charge is 0.388 e. The minimum Gasteiger partial charge on any atom is -0.388 e. The zero-order chi connectivity index (χ0) is 10.7. The van der Waals surface area contributed by atoms with Crippen molar-refractivity contribution >= 4 is 0 Å². The lowest BCUT2D eigenvalue weighted by Crippen LogP contribution is -2.86. The van der Waals surface area contributed by atoms with Crippen molar-refractivity contribution < 1.29 is 14.8 Å². The van der Waals surface area contributed by atoms with Crippen LogP contribution in [0.15, 0.2) is 24.3 Å². The van der Waals surface area contributed by atoms with Gasteiger partial charge >= 0.3 is 0 Å². The van der Waals surface area contributed by atoms with Crippen LogP contribution in [0.25, 0.3) is 0 Å². The van der Waals surface area contributed by atoms with Gasteiger partial charge in [-0.3, -0.25) is 0 Å². The normalized spacial score (nSPS) is 20.1. The molecule has 1 saturated heterocycles. The quantitative estimate of drug-likeness (QED) is 0.745. The van der Waals surface area contributed by atoms with Crippen molar-refractivity contribution in [3.63, 3.8) is 0 Å². The summed E-state index contributed by atoms with van der Waals surface area (Å²) in [5.74, 6) is 0.0865. The van der Waals surface area contributed by atoms with Crippen LogP contribution >= 0.6 is 0 Å². The molecule has 1 fully saturated rings. The van der Waals surface area contributed by atoms with Gasteiger partial charge in [0.15, 0.2) is 0 Å². The van der Waals surface area contributed by atoms with Crippen molar-refractivity contribution in [3.8, 4) is 0 Å². The first-order valence-electron chi connectivity index (χ1n) is 5.52. The van der Waals surface area contributed by atoms with Crippen molar-refractivity contribution in [2.45, 2.75) is 18.9 Å². The van der Waals surface area contributed by atoms with Crippen LogP contribution in [-0.2, 0) is 0 Å². The van der Waals surface area contributed by atoms with Crippen LogP contribution in [0.2, 0.25) is 0 Å². The topological polar surface area (TPSA) is 36.8 Å². The number of quaternary nitrogens is 1. The Morgan fingerprint density at radius 3 is 2.40 bits per heavy atom. The second-order valence-corrected chi connectivity index (χ2v) is 4.20. The maximum atomic E-state index is 12.7. The maximum absolute atomic E-state index is 12.7. The van der Waals surface area contributed by atoms with Gasteiger partial charge in [0.2, 0.25) is 0 Å². The molecule has 1 heterocycles. The first-order chi connectivity index (χ1) is 7.27. The highest BCUT2D eigenvalue weighted by Gasteiger charge is 2.24. The molecule has 0 amide bonds. The third kappa shape index (κ3) is 2.55. The van der Waals surface area contributed by atoms with Crippen LogP contribution in [-0.4, -0.2) is 18.2 Å². The predicted octanol–water partition coefficient (Wildman–Crippen LogP) is 0.833. The fourth-order valence-corrected chi connectivity index (χ4v) is 2.20. The Kier molecular flexibility index (Phi) is 3.34. The van der Waals surface area contributed by atoms with E-state index in [1.165, 1.54) is 12.1 Å². The van der Waals surface area contributed by atoms with Gasteiger partial charge in [-0.1, -0.05) is 12.1 Å². The van der Waals surface area contributed by atoms with E-state index in [4.69, 9.17) is 0 Å². The summed E-state index contributed by atoms with van der Waals surface area (Å²) >= 11 is 0. The minimum atomic E-state index is -0.431. The Balaban J connectivity index is 2.05. The number of halogens is 1. The van der Waals surface area contributed by atoms with E-state index in [1.54, 1.807) is 12.1 Å². The molecule has 1 aromatic rings. The smallest absolute Gasteiger partial charge is 0.123 e. The third-order valence-electron chi connectivity index (χ3n) is 3.14. The van der Waals surface area contributed by atoms with Crippen molar-refractivity contribution in [2.75, 3.05) is 13.1 Å². The summed E-state index contributed by atoms with van der Waals surface area (Å²) in [6.45, 7) is 2.17. The van der Waals surface area contributed by atoms with E-state index in [9.17, 15) is 9.50 Å². The molecular formula is C12H17FNO+. The summed E-state index contributed by atoms with van der Waals surface area (Å²) in [6.07, 6.45) is 1.65. The predicted molar refractivity (Wildman–Crippen MR) is 55.7 cm³/mol. The van der Waals surface area contributed by atoms with Crippen molar-refractivity contribution in [2.24, 2.45) is 5.92 Å². The van der Waals surface area contributed by atoms with E-state index >= 15 is 0 Å². The zero-order valence-corrected chi connectivity index (χ0v) is 8.70. The summed E-state index contributed by atoms with van der Waals surface area (Å²) in [5.41, 5.74) is 0.836. The van der Waals surface area contributed by atoms with Gasteiger partial charge in [-0.2, -0.15) is 0 Å². The molecule has 1 aliphatic heterocycles. The number of aliphatic hydroxyl groups is 1. The summed E-state index contributed by atoms with van der Waals surface area (Å²) in [4.78, 5) is 0. The SMILES string of the molecule is O[C@H](c1ccc(F)cc1)C1CC[NH2+]CC1. The van der Waals surface area contributed by atoms with Gasteiger partial charge in [0.1, 0.15) is 5.82 Å². The highest BCUT2D eigenvalue weighted by molar-refractivity contribution is 5.19. The summed E-state index contributed by atoms with van der Waals surface area (Å²) in [5, 5.41) is 12.4. The molecule has 1 aromatic carbocycles. The Bertz CT molecular complexity index is 306. The molecular weight excluding hydrogens is 193 g/mol. The summed E-state index contributed by atoms with van der Waals surface area (Å²) in [6, 6.07) is 6.18. The third-order valence-corrected chi connectivity index (χ3v) is 3.14. The van der Waals surface area contributed by atoms with Crippen LogP contribution in [0.3, 0.4) is 0 Å². The van der Waals surface area contributed by atoms with E-state index in [-0.39, 0.29) is 5.82 Å². The van der Waals surface area contributed by atoms with Crippen LogP contribution in [0, 0.1) is 11.7 Å². The van der Waals surface area contributed by atoms with Gasteiger partial charge in [0, 0.05) is 12.8 Å². The molecule has 0 aliphatic carbocycles. The molecule has 0 bridgehead atoms. The average molecular weight is 210 g/mol. The lowest BCUT2D eigenvalue weighted by atomic mass is 9.88. The molecule has 3 heteroatoms. The molecule has 0 saturated carbocycles. The molecule has 82 valence electrons. The summed E-state index contributed by atoms with van der Waals surface area (Å²) in [7, 11) is 0. The molecule has 2 nitrogen and oxygen atoms in total. The van der Waals surface area contributed by atoms with Crippen molar-refractivity contribution in [1.29, 1.82) is 0 Å². The molecule has 0 aromatic heterocycles. The van der Waals surface area contributed by atoms with Crippen molar-refractivity contribution in [3.05, 3.63) is 35.6 Å². The molecule has 15 heavy (non-hydrogen) atoms. The second-order valence-electron chi connectivity index (χ2n) is 4.20. The standard InChI is InChI=1S/C12H16FNO/c13-11-3-1-9(2-4-11)12(15)10-5-7-14-8-6-10/h1-4,10,12,14-15H,5-8H2/p+1/t12-/m1/s1. The van der Waals surface area contributed by atoms with E-state index in [2.05, 4.69) is 5.32 Å². The highest BCUT2D eigenvalue weighted by atomic mass is 19.1. The maximum Gasteiger partial charge on any atom is 0.123 e. The van der Waals surface area contributed by atoms with Crippen LogP contribution in [0.4, 0.5) is 4.39 Å². The number of rotatable bonds is 2. The monoisotopic (exact) mass is 210 g/mol. The van der Waals surface area contributed by atoms with Gasteiger partial charge in [0.25, 0.3) is 0 Å². The van der Waals surface area contributed by atoms with Gasteiger partial charge in [-0.25, -0.2) is 4.39 Å². The number of hydrogen-bond acceptors (Lipinski definition) is 1. The van der Waals surface area contributed by atoms with E-state index in [0.29, 0.717) is 5.92 Å². The summed E-state index contributed by atoms with van der Waals surface area (Å²) < 4.78 is 12.7. The first kappa shape index (κ1) is 10.6. The van der Waals surface area contributed by atoms with Crippen molar-refractivity contribution in [1.82, 2.24) is 0 Å². The molecule has 1 aliphatic rings. The van der Waals surface area contributed by atoms with Gasteiger partial charge < -0.3 is 10.4 Å². The van der Waals surface area contributed by atoms with Crippen LogP contribution in [0.1, 0.15) is 24.5 Å². The van der Waals surface area contributed by atoms with E-state index in [0.717, 1.165) is 31.5 Å². The highest BCUT2D eigenvalue weighted by Crippen LogP contribution is 2.27. The molecule has 0 unspecified atom stereocenters. The Labute approximate surface area is 89.1 Å². The van der Waals surface area contributed by atoms with E-state index < -0.39 is 6.10 Å². The Morgan fingerprint density at radius 2 is 1.80 bits per heavy atom. The first-order valence-corrected chi connectivity index (χ1v) is 5.52. The number of benzene rings is 1. The lowest BCUT2D eigenvalue weighted by molar-refractivity contribution is -0.665. The van der Waals surface area contributed by atoms with Crippen LogP contribution in [0.5, 0.6) is 0 Å². The second kappa shape index (κ2) is 4.73. The molecule has 2 rings (SSSR count). The zero-order valence-electron chi connectivity index (χ0n) is 8.70.